The van der Waals surface area contributed by atoms with E-state index in [1.165, 1.54) is 5.56 Å². The van der Waals surface area contributed by atoms with Crippen LogP contribution in [-0.2, 0) is 29.8 Å². The Balaban J connectivity index is 1.90. The van der Waals surface area contributed by atoms with Gasteiger partial charge in [0.15, 0.2) is 5.96 Å². The van der Waals surface area contributed by atoms with Crippen LogP contribution in [0.2, 0.25) is 0 Å². The fourth-order valence-corrected chi connectivity index (χ4v) is 2.32. The van der Waals surface area contributed by atoms with Gasteiger partial charge in [0.25, 0.3) is 0 Å². The van der Waals surface area contributed by atoms with Crippen molar-refractivity contribution in [2.75, 3.05) is 14.2 Å². The molecule has 0 aliphatic carbocycles. The van der Waals surface area contributed by atoms with Gasteiger partial charge in [-0.25, -0.2) is 4.98 Å². The fourth-order valence-electron chi connectivity index (χ4n) is 2.32. The van der Waals surface area contributed by atoms with Crippen molar-refractivity contribution >= 4 is 5.96 Å². The third kappa shape index (κ3) is 5.60. The Labute approximate surface area is 149 Å². The third-order valence-electron chi connectivity index (χ3n) is 3.79. The number of nitrogens with one attached hydrogen (secondary N) is 2. The maximum atomic E-state index is 5.78. The van der Waals surface area contributed by atoms with Gasteiger partial charge in [0.1, 0.15) is 5.76 Å². The summed E-state index contributed by atoms with van der Waals surface area (Å²) in [4.78, 5) is 8.56. The van der Waals surface area contributed by atoms with Crippen LogP contribution in [0, 0.1) is 0 Å². The van der Waals surface area contributed by atoms with Gasteiger partial charge in [0.05, 0.1) is 19.3 Å². The van der Waals surface area contributed by atoms with Crippen LogP contribution in [0.4, 0.5) is 0 Å². The Hall–Kier alpha value is -2.34. The number of benzene rings is 1. The lowest BCUT2D eigenvalue weighted by molar-refractivity contribution is 0.184. The second kappa shape index (κ2) is 8.67. The van der Waals surface area contributed by atoms with Gasteiger partial charge in [0.2, 0.25) is 5.89 Å². The van der Waals surface area contributed by atoms with E-state index in [-0.39, 0.29) is 5.41 Å². The maximum Gasteiger partial charge on any atom is 0.213 e. The van der Waals surface area contributed by atoms with E-state index >= 15 is 0 Å². The average molecular weight is 344 g/mol. The number of ether oxygens (including phenoxy) is 1. The molecule has 6 nitrogen and oxygen atoms in total. The number of guanidine groups is 1. The molecule has 0 aliphatic rings. The first-order chi connectivity index (χ1) is 11.9. The van der Waals surface area contributed by atoms with E-state index in [1.54, 1.807) is 20.4 Å². The molecule has 2 rings (SSSR count). The minimum Gasteiger partial charge on any atom is -0.443 e. The van der Waals surface area contributed by atoms with Crippen molar-refractivity contribution in [1.29, 1.82) is 0 Å². The zero-order valence-corrected chi connectivity index (χ0v) is 15.7. The maximum absolute atomic E-state index is 5.78. The molecule has 1 aromatic heterocycles. The van der Waals surface area contributed by atoms with E-state index in [1.807, 2.05) is 12.1 Å². The lowest BCUT2D eigenvalue weighted by Crippen LogP contribution is -2.36. The predicted molar refractivity (Wildman–Crippen MR) is 99.4 cm³/mol. The Morgan fingerprint density at radius 1 is 1.16 bits per heavy atom. The second-order valence-electron chi connectivity index (χ2n) is 6.85. The quantitative estimate of drug-likeness (QED) is 0.623. The lowest BCUT2D eigenvalue weighted by Gasteiger charge is -2.14. The molecule has 136 valence electrons. The summed E-state index contributed by atoms with van der Waals surface area (Å²) in [6.45, 7) is 8.04. The molecule has 1 aromatic carbocycles. The highest BCUT2D eigenvalue weighted by Crippen LogP contribution is 2.22. The van der Waals surface area contributed by atoms with Crippen molar-refractivity contribution < 1.29 is 9.15 Å². The minimum atomic E-state index is -0.0454. The van der Waals surface area contributed by atoms with Crippen molar-refractivity contribution in [3.05, 3.63) is 53.2 Å². The Morgan fingerprint density at radius 2 is 1.84 bits per heavy atom. The molecule has 6 heteroatoms. The van der Waals surface area contributed by atoms with E-state index in [4.69, 9.17) is 9.15 Å². The van der Waals surface area contributed by atoms with Crippen LogP contribution in [-0.4, -0.2) is 25.1 Å². The molecular weight excluding hydrogens is 316 g/mol. The summed E-state index contributed by atoms with van der Waals surface area (Å²) < 4.78 is 11.0. The first-order valence-corrected chi connectivity index (χ1v) is 8.39. The van der Waals surface area contributed by atoms with Gasteiger partial charge in [-0.2, -0.15) is 0 Å². The van der Waals surface area contributed by atoms with E-state index in [9.17, 15) is 0 Å². The first-order valence-electron chi connectivity index (χ1n) is 8.39. The van der Waals surface area contributed by atoms with Crippen molar-refractivity contribution in [3.63, 3.8) is 0 Å². The molecule has 0 spiro atoms. The molecule has 1 heterocycles. The highest BCUT2D eigenvalue weighted by molar-refractivity contribution is 5.79. The highest BCUT2D eigenvalue weighted by Gasteiger charge is 2.19. The van der Waals surface area contributed by atoms with Gasteiger partial charge < -0.3 is 19.8 Å². The minimum absolute atomic E-state index is 0.0454. The molecular formula is C19H28N4O2. The lowest BCUT2D eigenvalue weighted by atomic mass is 9.94. The Kier molecular flexibility index (Phi) is 6.58. The van der Waals surface area contributed by atoms with Crippen LogP contribution < -0.4 is 10.6 Å². The summed E-state index contributed by atoms with van der Waals surface area (Å²) in [5.74, 6) is 2.22. The van der Waals surface area contributed by atoms with Gasteiger partial charge >= 0.3 is 0 Å². The summed E-state index contributed by atoms with van der Waals surface area (Å²) in [5.41, 5.74) is 2.30. The van der Waals surface area contributed by atoms with Crippen LogP contribution in [0.1, 0.15) is 43.5 Å². The predicted octanol–water partition coefficient (Wildman–Crippen LogP) is 2.98. The summed E-state index contributed by atoms with van der Waals surface area (Å²) in [5, 5.41) is 6.53. The fraction of sp³-hybridized carbons (Fsp3) is 0.474. The van der Waals surface area contributed by atoms with Crippen LogP contribution in [0.15, 0.2) is 39.9 Å². The number of aromatic nitrogens is 1. The number of methoxy groups -OCH3 is 1. The second-order valence-corrected chi connectivity index (χ2v) is 6.85. The number of hydrogen-bond acceptors (Lipinski definition) is 4. The molecule has 0 amide bonds. The van der Waals surface area contributed by atoms with Gasteiger partial charge in [0, 0.05) is 26.1 Å². The van der Waals surface area contributed by atoms with E-state index in [0.717, 1.165) is 11.3 Å². The van der Waals surface area contributed by atoms with Crippen LogP contribution in [0.3, 0.4) is 0 Å². The molecule has 0 atom stereocenters. The number of oxazole rings is 1. The summed E-state index contributed by atoms with van der Waals surface area (Å²) in [6.07, 6.45) is 1.79. The van der Waals surface area contributed by atoms with Gasteiger partial charge in [-0.05, 0) is 11.1 Å². The highest BCUT2D eigenvalue weighted by atomic mass is 16.5. The zero-order chi connectivity index (χ0) is 18.3. The molecule has 0 fully saturated rings. The molecule has 0 radical (unpaired) electrons. The molecule has 2 N–H and O–H groups in total. The monoisotopic (exact) mass is 344 g/mol. The number of rotatable bonds is 6. The van der Waals surface area contributed by atoms with Crippen LogP contribution in [0.5, 0.6) is 0 Å². The topological polar surface area (TPSA) is 71.7 Å². The third-order valence-corrected chi connectivity index (χ3v) is 3.79. The molecule has 0 aliphatic heterocycles. The summed E-state index contributed by atoms with van der Waals surface area (Å²) >= 11 is 0. The van der Waals surface area contributed by atoms with Crippen LogP contribution in [0.25, 0.3) is 0 Å². The Bertz CT molecular complexity index is 701. The van der Waals surface area contributed by atoms with Gasteiger partial charge in [-0.15, -0.1) is 0 Å². The molecule has 0 saturated heterocycles. The smallest absolute Gasteiger partial charge is 0.213 e. The SMILES string of the molecule is CN=C(NCc1ncc(C(C)(C)C)o1)NCc1ccccc1COC. The van der Waals surface area contributed by atoms with Crippen molar-refractivity contribution in [2.24, 2.45) is 4.99 Å². The first kappa shape index (κ1) is 19.0. The molecule has 0 saturated carbocycles. The van der Waals surface area contributed by atoms with Crippen molar-refractivity contribution in [3.8, 4) is 0 Å². The van der Waals surface area contributed by atoms with E-state index in [0.29, 0.717) is 31.5 Å². The van der Waals surface area contributed by atoms with Crippen LogP contribution >= 0.6 is 0 Å². The van der Waals surface area contributed by atoms with Gasteiger partial charge in [-0.1, -0.05) is 45.0 Å². The van der Waals surface area contributed by atoms with E-state index < -0.39 is 0 Å². The largest absolute Gasteiger partial charge is 0.443 e. The molecule has 0 bridgehead atoms. The number of nitrogens with zero attached hydrogens (tertiary/aromatic N) is 2. The molecule has 25 heavy (non-hydrogen) atoms. The molecule has 0 unspecified atom stereocenters. The average Bonchev–Trinajstić information content (AvgIpc) is 3.06. The summed E-state index contributed by atoms with van der Waals surface area (Å²) in [7, 11) is 3.44. The Morgan fingerprint density at radius 3 is 2.44 bits per heavy atom. The normalized spacial score (nSPS) is 12.3. The number of aliphatic imine (C=N–C) groups is 1. The number of hydrogen-bond donors (Lipinski definition) is 2. The van der Waals surface area contributed by atoms with Gasteiger partial charge in [-0.3, -0.25) is 4.99 Å². The molecule has 2 aromatic rings. The summed E-state index contributed by atoms with van der Waals surface area (Å²) in [6, 6.07) is 8.18. The zero-order valence-electron chi connectivity index (χ0n) is 15.7. The van der Waals surface area contributed by atoms with Crippen molar-refractivity contribution in [1.82, 2.24) is 15.6 Å². The van der Waals surface area contributed by atoms with Crippen molar-refractivity contribution in [2.45, 2.75) is 45.9 Å². The van der Waals surface area contributed by atoms with E-state index in [2.05, 4.69) is 53.5 Å². The standard InChI is InChI=1S/C19H28N4O2/c1-19(2,3)16-11-21-17(25-16)12-23-18(20-4)22-10-14-8-6-7-9-15(14)13-24-5/h6-9,11H,10,12-13H2,1-5H3,(H2,20,22,23).